The van der Waals surface area contributed by atoms with Crippen molar-refractivity contribution in [2.24, 2.45) is 0 Å². The smallest absolute Gasteiger partial charge is 0.226 e. The molecular formula is C20H18ClN3O2. The molecule has 0 radical (unpaired) electrons. The minimum Gasteiger partial charge on any atom is -0.494 e. The number of benzene rings is 2. The van der Waals surface area contributed by atoms with Gasteiger partial charge in [-0.1, -0.05) is 35.9 Å². The minimum absolute atomic E-state index is 0.0365. The van der Waals surface area contributed by atoms with E-state index >= 15 is 0 Å². The highest BCUT2D eigenvalue weighted by molar-refractivity contribution is 6.30. The lowest BCUT2D eigenvalue weighted by Gasteiger charge is -2.23. The number of H-pyrrole nitrogens is 1. The van der Waals surface area contributed by atoms with Crippen LogP contribution in [0.1, 0.15) is 30.4 Å². The summed E-state index contributed by atoms with van der Waals surface area (Å²) in [7, 11) is 0. The van der Waals surface area contributed by atoms with Crippen LogP contribution in [0.5, 0.6) is 5.75 Å². The number of carbonyl (C=O) groups is 1. The number of nitrogens with zero attached hydrogens (tertiary/aromatic N) is 1. The number of fused-ring (bicyclic) bond motifs is 1. The second-order valence-corrected chi connectivity index (χ2v) is 6.61. The summed E-state index contributed by atoms with van der Waals surface area (Å²) in [5.74, 6) is 1.30. The van der Waals surface area contributed by atoms with Crippen LogP contribution in [-0.4, -0.2) is 22.7 Å². The lowest BCUT2D eigenvalue weighted by atomic mass is 9.84. The first-order valence-electron chi connectivity index (χ1n) is 8.52. The van der Waals surface area contributed by atoms with Gasteiger partial charge < -0.3 is 10.1 Å². The van der Waals surface area contributed by atoms with Gasteiger partial charge in [0.1, 0.15) is 5.75 Å². The highest BCUT2D eigenvalue weighted by atomic mass is 35.5. The molecule has 1 atom stereocenters. The number of halogens is 1. The van der Waals surface area contributed by atoms with Gasteiger partial charge in [-0.05, 0) is 36.8 Å². The van der Waals surface area contributed by atoms with Crippen LogP contribution >= 0.6 is 11.6 Å². The van der Waals surface area contributed by atoms with E-state index < -0.39 is 0 Å². The third-order valence-electron chi connectivity index (χ3n) is 4.53. The van der Waals surface area contributed by atoms with Crippen LogP contribution in [0.15, 0.2) is 48.5 Å². The van der Waals surface area contributed by atoms with E-state index in [4.69, 9.17) is 16.3 Å². The van der Waals surface area contributed by atoms with E-state index in [-0.39, 0.29) is 11.8 Å². The van der Waals surface area contributed by atoms with Crippen molar-refractivity contribution in [2.45, 2.75) is 19.3 Å². The molecule has 0 unspecified atom stereocenters. The van der Waals surface area contributed by atoms with E-state index in [2.05, 4.69) is 15.5 Å². The molecule has 0 fully saturated rings. The summed E-state index contributed by atoms with van der Waals surface area (Å²) < 4.78 is 5.52. The third kappa shape index (κ3) is 3.06. The maximum absolute atomic E-state index is 12.2. The maximum Gasteiger partial charge on any atom is 0.226 e. The largest absolute Gasteiger partial charge is 0.494 e. The molecule has 1 aliphatic rings. The fraction of sp³-hybridized carbons (Fsp3) is 0.200. The van der Waals surface area contributed by atoms with Crippen molar-refractivity contribution >= 4 is 23.3 Å². The Morgan fingerprint density at radius 1 is 1.15 bits per heavy atom. The molecule has 0 saturated carbocycles. The van der Waals surface area contributed by atoms with Crippen molar-refractivity contribution < 1.29 is 9.53 Å². The number of anilines is 1. The van der Waals surface area contributed by atoms with Gasteiger partial charge >= 0.3 is 0 Å². The fourth-order valence-electron chi connectivity index (χ4n) is 3.34. The monoisotopic (exact) mass is 367 g/mol. The van der Waals surface area contributed by atoms with Gasteiger partial charge in [0.05, 0.1) is 12.3 Å². The predicted octanol–water partition coefficient (Wildman–Crippen LogP) is 4.60. The molecule has 3 aromatic rings. The molecule has 1 amide bonds. The molecular weight excluding hydrogens is 350 g/mol. The Labute approximate surface area is 156 Å². The highest BCUT2D eigenvalue weighted by Crippen LogP contribution is 2.42. The normalized spacial score (nSPS) is 16.1. The van der Waals surface area contributed by atoms with Gasteiger partial charge in [0.25, 0.3) is 0 Å². The van der Waals surface area contributed by atoms with Gasteiger partial charge in [-0.3, -0.25) is 9.89 Å². The number of nitrogens with one attached hydrogen (secondary N) is 2. The summed E-state index contributed by atoms with van der Waals surface area (Å²) in [4.78, 5) is 12.2. The fourth-order valence-corrected chi connectivity index (χ4v) is 3.47. The lowest BCUT2D eigenvalue weighted by Crippen LogP contribution is -2.23. The summed E-state index contributed by atoms with van der Waals surface area (Å²) >= 11 is 6.01. The summed E-state index contributed by atoms with van der Waals surface area (Å²) in [6.45, 7) is 2.58. The number of carbonyl (C=O) groups excluding carboxylic acids is 1. The molecule has 1 aliphatic heterocycles. The number of hydrogen-bond acceptors (Lipinski definition) is 3. The van der Waals surface area contributed by atoms with E-state index in [0.717, 1.165) is 28.1 Å². The molecule has 2 aromatic carbocycles. The topological polar surface area (TPSA) is 67.0 Å². The van der Waals surface area contributed by atoms with Crippen molar-refractivity contribution in [1.82, 2.24) is 10.2 Å². The van der Waals surface area contributed by atoms with E-state index in [1.807, 2.05) is 55.5 Å². The molecule has 0 aliphatic carbocycles. The number of rotatable bonds is 4. The predicted molar refractivity (Wildman–Crippen MR) is 102 cm³/mol. The van der Waals surface area contributed by atoms with Crippen molar-refractivity contribution in [3.8, 4) is 17.0 Å². The SMILES string of the molecule is CCOc1ccc([C@H]2CC(=O)Nc3n[nH]c(-c4ccc(Cl)cc4)c32)cc1. The first-order chi connectivity index (χ1) is 12.7. The van der Waals surface area contributed by atoms with Gasteiger partial charge in [-0.25, -0.2) is 0 Å². The molecule has 0 spiro atoms. The standard InChI is InChI=1S/C20H18ClN3O2/c1-2-26-15-9-5-12(6-10-15)16-11-17(25)22-20-18(16)19(23-24-20)13-3-7-14(21)8-4-13/h3-10,16H,2,11H2,1H3,(H2,22,23,24,25)/t16-/m1/s1. The van der Waals surface area contributed by atoms with Gasteiger partial charge in [0.15, 0.2) is 5.82 Å². The number of aromatic nitrogens is 2. The Hall–Kier alpha value is -2.79. The Morgan fingerprint density at radius 3 is 2.58 bits per heavy atom. The summed E-state index contributed by atoms with van der Waals surface area (Å²) in [5, 5.41) is 10.9. The number of hydrogen-bond donors (Lipinski definition) is 2. The van der Waals surface area contributed by atoms with Gasteiger partial charge in [0, 0.05) is 28.5 Å². The van der Waals surface area contributed by atoms with Crippen LogP contribution in [-0.2, 0) is 4.79 Å². The molecule has 26 heavy (non-hydrogen) atoms. The van der Waals surface area contributed by atoms with E-state index in [9.17, 15) is 4.79 Å². The van der Waals surface area contributed by atoms with Crippen molar-refractivity contribution in [1.29, 1.82) is 0 Å². The van der Waals surface area contributed by atoms with Crippen LogP contribution < -0.4 is 10.1 Å². The van der Waals surface area contributed by atoms with Gasteiger partial charge in [-0.15, -0.1) is 0 Å². The molecule has 2 heterocycles. The Morgan fingerprint density at radius 2 is 1.88 bits per heavy atom. The third-order valence-corrected chi connectivity index (χ3v) is 4.78. The summed E-state index contributed by atoms with van der Waals surface area (Å²) in [6.07, 6.45) is 0.376. The van der Waals surface area contributed by atoms with Crippen molar-refractivity contribution in [3.05, 3.63) is 64.7 Å². The molecule has 0 bridgehead atoms. The summed E-state index contributed by atoms with van der Waals surface area (Å²) in [6, 6.07) is 15.5. The molecule has 132 valence electrons. The maximum atomic E-state index is 12.2. The molecule has 6 heteroatoms. The first-order valence-corrected chi connectivity index (χ1v) is 8.90. The van der Waals surface area contributed by atoms with Crippen LogP contribution in [0.25, 0.3) is 11.3 Å². The highest BCUT2D eigenvalue weighted by Gasteiger charge is 2.32. The van der Waals surface area contributed by atoms with Crippen molar-refractivity contribution in [3.63, 3.8) is 0 Å². The minimum atomic E-state index is -0.0705. The Bertz CT molecular complexity index is 933. The lowest BCUT2D eigenvalue weighted by molar-refractivity contribution is -0.116. The van der Waals surface area contributed by atoms with Crippen LogP contribution in [0.4, 0.5) is 5.82 Å². The number of amides is 1. The van der Waals surface area contributed by atoms with E-state index in [0.29, 0.717) is 23.9 Å². The quantitative estimate of drug-likeness (QED) is 0.708. The van der Waals surface area contributed by atoms with Crippen LogP contribution in [0.2, 0.25) is 5.02 Å². The number of ether oxygens (including phenoxy) is 1. The zero-order chi connectivity index (χ0) is 18.1. The number of aromatic amines is 1. The molecule has 4 rings (SSSR count). The zero-order valence-electron chi connectivity index (χ0n) is 14.3. The first kappa shape index (κ1) is 16.7. The van der Waals surface area contributed by atoms with Crippen molar-refractivity contribution in [2.75, 3.05) is 11.9 Å². The second kappa shape index (κ2) is 6.84. The van der Waals surface area contributed by atoms with Crippen LogP contribution in [0, 0.1) is 0 Å². The second-order valence-electron chi connectivity index (χ2n) is 6.17. The van der Waals surface area contributed by atoms with E-state index in [1.165, 1.54) is 0 Å². The van der Waals surface area contributed by atoms with Gasteiger partial charge in [-0.2, -0.15) is 5.10 Å². The molecule has 2 N–H and O–H groups in total. The molecule has 1 aromatic heterocycles. The Balaban J connectivity index is 1.77. The molecule has 0 saturated heterocycles. The van der Waals surface area contributed by atoms with Gasteiger partial charge in [0.2, 0.25) is 5.91 Å². The zero-order valence-corrected chi connectivity index (χ0v) is 15.0. The molecule has 5 nitrogen and oxygen atoms in total. The summed E-state index contributed by atoms with van der Waals surface area (Å²) in [5.41, 5.74) is 3.93. The van der Waals surface area contributed by atoms with Crippen LogP contribution in [0.3, 0.4) is 0 Å². The Kier molecular flexibility index (Phi) is 4.39. The average Bonchev–Trinajstić information content (AvgIpc) is 3.06. The van der Waals surface area contributed by atoms with E-state index in [1.54, 1.807) is 0 Å². The average molecular weight is 368 g/mol.